The summed E-state index contributed by atoms with van der Waals surface area (Å²) in [6.07, 6.45) is 0. The molecule has 0 aliphatic heterocycles. The molecule has 2 N–H and O–H groups in total. The van der Waals surface area contributed by atoms with E-state index in [9.17, 15) is 0 Å². The molecule has 0 spiro atoms. The number of ether oxygens (including phenoxy) is 4. The van der Waals surface area contributed by atoms with E-state index < -0.39 is 10.8 Å². The van der Waals surface area contributed by atoms with E-state index in [1.807, 2.05) is 24.3 Å². The maximum absolute atomic E-state index is 9.09. The van der Waals surface area contributed by atoms with Gasteiger partial charge in [0, 0.05) is 10.7 Å². The van der Waals surface area contributed by atoms with Crippen molar-refractivity contribution in [3.05, 3.63) is 239 Å². The van der Waals surface area contributed by atoms with E-state index in [-0.39, 0.29) is 26.4 Å². The van der Waals surface area contributed by atoms with Gasteiger partial charge in [0.15, 0.2) is 0 Å². The van der Waals surface area contributed by atoms with Crippen LogP contribution < -0.4 is 18.9 Å². The maximum atomic E-state index is 9.09. The molecule has 0 fully saturated rings. The molecule has 8 aromatic rings. The van der Waals surface area contributed by atoms with Crippen LogP contribution >= 0.6 is 31.9 Å². The summed E-state index contributed by atoms with van der Waals surface area (Å²) in [5.74, 6) is 3.23. The van der Waals surface area contributed by atoms with Gasteiger partial charge in [0.2, 0.25) is 0 Å². The summed E-state index contributed by atoms with van der Waals surface area (Å²) >= 11 is 6.87. The molecule has 10 rings (SSSR count). The lowest BCUT2D eigenvalue weighted by Gasteiger charge is -2.34. The first-order chi connectivity index (χ1) is 32.6. The average Bonchev–Trinajstić information content (AvgIpc) is 3.86. The van der Waals surface area contributed by atoms with E-state index in [0.29, 0.717) is 13.2 Å². The first kappa shape index (κ1) is 45.0. The van der Waals surface area contributed by atoms with Crippen molar-refractivity contribution in [1.29, 1.82) is 0 Å². The minimum atomic E-state index is -0.488. The van der Waals surface area contributed by atoms with Crippen LogP contribution in [-0.2, 0) is 10.8 Å². The number of hydrogen-bond donors (Lipinski definition) is 2. The monoisotopic (exact) mass is 1000 g/mol. The Morgan fingerprint density at radius 2 is 0.530 bits per heavy atom. The molecule has 0 heterocycles. The lowest BCUT2D eigenvalue weighted by atomic mass is 9.68. The Morgan fingerprint density at radius 1 is 0.303 bits per heavy atom. The summed E-state index contributed by atoms with van der Waals surface area (Å²) in [6.45, 7) is 1.79. The molecule has 0 radical (unpaired) electrons. The number of aliphatic hydroxyl groups is 2. The van der Waals surface area contributed by atoms with E-state index in [1.165, 1.54) is 55.6 Å². The van der Waals surface area contributed by atoms with E-state index in [2.05, 4.69) is 202 Å². The Bertz CT molecular complexity index is 2460. The minimum Gasteiger partial charge on any atom is -0.493 e. The molecule has 332 valence electrons. The maximum Gasteiger partial charge on any atom is 0.119 e. The Morgan fingerprint density at radius 3 is 0.758 bits per heavy atom. The highest BCUT2D eigenvalue weighted by Crippen LogP contribution is 2.57. The number of halogens is 2. The molecule has 8 heteroatoms. The third-order valence-electron chi connectivity index (χ3n) is 12.5. The van der Waals surface area contributed by atoms with Crippen LogP contribution in [0, 0.1) is 0 Å². The molecule has 0 saturated carbocycles. The van der Waals surface area contributed by atoms with Gasteiger partial charge in [-0.25, -0.2) is 0 Å². The van der Waals surface area contributed by atoms with Crippen molar-refractivity contribution in [2.75, 3.05) is 50.3 Å². The molecule has 2 aliphatic rings. The highest BCUT2D eigenvalue weighted by Gasteiger charge is 2.47. The number of hydrogen-bond acceptors (Lipinski definition) is 6. The molecule has 0 amide bonds. The molecular weight excluding hydrogens is 952 g/mol. The predicted molar refractivity (Wildman–Crippen MR) is 271 cm³/mol. The largest absolute Gasteiger partial charge is 0.493 e. The first-order valence-corrected chi connectivity index (χ1v) is 24.5. The normalized spacial score (nSPS) is 13.3. The van der Waals surface area contributed by atoms with Gasteiger partial charge in [-0.2, -0.15) is 0 Å². The number of benzene rings is 8. The van der Waals surface area contributed by atoms with Crippen molar-refractivity contribution in [2.24, 2.45) is 0 Å². The van der Waals surface area contributed by atoms with Crippen LogP contribution in [0.1, 0.15) is 44.5 Å². The molecule has 0 saturated heterocycles. The van der Waals surface area contributed by atoms with E-state index in [0.717, 1.165) is 44.8 Å². The summed E-state index contributed by atoms with van der Waals surface area (Å²) in [7, 11) is 0. The second kappa shape index (κ2) is 20.6. The molecule has 8 aromatic carbocycles. The molecule has 66 heavy (non-hydrogen) atoms. The molecule has 0 atom stereocenters. The lowest BCUT2D eigenvalue weighted by Crippen LogP contribution is -2.28. The Labute approximate surface area is 403 Å². The summed E-state index contributed by atoms with van der Waals surface area (Å²) in [6, 6.07) is 68.1. The molecule has 0 aromatic heterocycles. The quantitative estimate of drug-likeness (QED) is 0.0939. The van der Waals surface area contributed by atoms with Gasteiger partial charge in [0.25, 0.3) is 0 Å². The Hall–Kier alpha value is -6.16. The molecule has 2 aliphatic carbocycles. The Kier molecular flexibility index (Phi) is 14.0. The summed E-state index contributed by atoms with van der Waals surface area (Å²) < 4.78 is 22.9. The van der Waals surface area contributed by atoms with Crippen molar-refractivity contribution in [2.45, 2.75) is 10.8 Å². The highest BCUT2D eigenvalue weighted by molar-refractivity contribution is 9.09. The molecular formula is C58H50Br2O6. The second-order valence-electron chi connectivity index (χ2n) is 16.0. The SMILES string of the molecule is BrCCOc1ccc(C2(c3ccc(OCCBr)cc3)c3ccccc3-c3ccccc32)cc1.OCCOc1ccc(C2(c3ccc(OCCO)cc3)c3ccccc3-c3ccccc32)cc1. The zero-order chi connectivity index (χ0) is 45.4. The molecule has 6 nitrogen and oxygen atoms in total. The van der Waals surface area contributed by atoms with Gasteiger partial charge in [-0.1, -0.05) is 177 Å². The van der Waals surface area contributed by atoms with Crippen LogP contribution in [0.15, 0.2) is 194 Å². The van der Waals surface area contributed by atoms with Crippen molar-refractivity contribution in [3.63, 3.8) is 0 Å². The second-order valence-corrected chi connectivity index (χ2v) is 17.6. The number of fused-ring (bicyclic) bond motifs is 6. The summed E-state index contributed by atoms with van der Waals surface area (Å²) in [5, 5.41) is 19.8. The van der Waals surface area contributed by atoms with Gasteiger partial charge >= 0.3 is 0 Å². The summed E-state index contributed by atoms with van der Waals surface area (Å²) in [5.41, 5.74) is 13.9. The van der Waals surface area contributed by atoms with Crippen LogP contribution in [0.2, 0.25) is 0 Å². The van der Waals surface area contributed by atoms with Crippen LogP contribution in [0.5, 0.6) is 23.0 Å². The fourth-order valence-electron chi connectivity index (χ4n) is 9.89. The number of rotatable bonds is 16. The topological polar surface area (TPSA) is 77.4 Å². The number of alkyl halides is 2. The fraction of sp³-hybridized carbons (Fsp3) is 0.172. The smallest absolute Gasteiger partial charge is 0.119 e. The van der Waals surface area contributed by atoms with Gasteiger partial charge in [0.05, 0.1) is 37.3 Å². The Balaban J connectivity index is 0.000000166. The van der Waals surface area contributed by atoms with Crippen LogP contribution in [0.25, 0.3) is 22.3 Å². The molecule has 0 bridgehead atoms. The lowest BCUT2D eigenvalue weighted by molar-refractivity contribution is 0.201. The summed E-state index contributed by atoms with van der Waals surface area (Å²) in [4.78, 5) is 0. The van der Waals surface area contributed by atoms with Crippen molar-refractivity contribution in [3.8, 4) is 45.3 Å². The zero-order valence-electron chi connectivity index (χ0n) is 36.4. The first-order valence-electron chi connectivity index (χ1n) is 22.2. The van der Waals surface area contributed by atoms with Crippen LogP contribution in [0.4, 0.5) is 0 Å². The van der Waals surface area contributed by atoms with Gasteiger partial charge in [0.1, 0.15) is 36.2 Å². The standard InChI is InChI=1S/C29H24Br2O2.C29H26O4/c2*30-17-19-32-23-13-9-21(10-14-23)29(22-11-15-24(16-12-22)33-20-18-31)27-7-3-1-5-25(27)26-6-2-4-8-28(26)29/h1-16H,17-20H2;1-16,30-31H,17-20H2. The minimum absolute atomic E-state index is 0.0167. The van der Waals surface area contributed by atoms with Gasteiger partial charge in [-0.15, -0.1) is 0 Å². The highest BCUT2D eigenvalue weighted by atomic mass is 79.9. The van der Waals surface area contributed by atoms with Crippen molar-refractivity contribution >= 4 is 31.9 Å². The third kappa shape index (κ3) is 8.32. The third-order valence-corrected chi connectivity index (χ3v) is 13.1. The van der Waals surface area contributed by atoms with E-state index in [4.69, 9.17) is 29.2 Å². The van der Waals surface area contributed by atoms with E-state index >= 15 is 0 Å². The number of aliphatic hydroxyl groups excluding tert-OH is 2. The molecule has 0 unspecified atom stereocenters. The zero-order valence-corrected chi connectivity index (χ0v) is 39.6. The van der Waals surface area contributed by atoms with Crippen LogP contribution in [-0.4, -0.2) is 60.5 Å². The van der Waals surface area contributed by atoms with Crippen LogP contribution in [0.3, 0.4) is 0 Å². The average molecular weight is 1000 g/mol. The van der Waals surface area contributed by atoms with Crippen molar-refractivity contribution < 1.29 is 29.2 Å². The van der Waals surface area contributed by atoms with Crippen molar-refractivity contribution in [1.82, 2.24) is 0 Å². The van der Waals surface area contributed by atoms with Gasteiger partial charge in [-0.05, 0) is 115 Å². The van der Waals surface area contributed by atoms with E-state index in [1.54, 1.807) is 0 Å². The fourth-order valence-corrected chi connectivity index (χ4v) is 10.2. The predicted octanol–water partition coefficient (Wildman–Crippen LogP) is 12.4. The van der Waals surface area contributed by atoms with Gasteiger partial charge < -0.3 is 29.2 Å². The van der Waals surface area contributed by atoms with Gasteiger partial charge in [-0.3, -0.25) is 0 Å².